The highest BCUT2D eigenvalue weighted by Gasteiger charge is 2.24. The fourth-order valence-corrected chi connectivity index (χ4v) is 3.02. The van der Waals surface area contributed by atoms with Crippen LogP contribution in [0.15, 0.2) is 42.0 Å². The van der Waals surface area contributed by atoms with Gasteiger partial charge in [-0.15, -0.1) is 11.3 Å². The molecule has 0 saturated heterocycles. The number of nitro benzene ring substituents is 1. The Kier molecular flexibility index (Phi) is 6.27. The number of thiazole rings is 1. The minimum Gasteiger partial charge on any atom is -0.496 e. The molecule has 1 aromatic carbocycles. The Labute approximate surface area is 173 Å². The molecule has 154 valence electrons. The number of nitrogens with one attached hydrogen (secondary N) is 1. The summed E-state index contributed by atoms with van der Waals surface area (Å²) in [5.41, 5.74) is -0.406. The number of carbonyl (C=O) groups is 2. The number of hydrogen-bond donors (Lipinski definition) is 1. The normalized spacial score (nSPS) is 11.4. The van der Waals surface area contributed by atoms with Crippen molar-refractivity contribution < 1.29 is 24.0 Å². The van der Waals surface area contributed by atoms with Gasteiger partial charge in [-0.3, -0.25) is 14.9 Å². The molecule has 0 bridgehead atoms. The van der Waals surface area contributed by atoms with Crippen LogP contribution in [0, 0.1) is 10.1 Å². The summed E-state index contributed by atoms with van der Waals surface area (Å²) in [6.45, 7) is 1.34. The van der Waals surface area contributed by atoms with Gasteiger partial charge in [0.1, 0.15) is 11.4 Å². The van der Waals surface area contributed by atoms with E-state index in [1.807, 2.05) is 0 Å². The summed E-state index contributed by atoms with van der Waals surface area (Å²) in [4.78, 5) is 47.4. The number of amides is 1. The summed E-state index contributed by atoms with van der Waals surface area (Å²) < 4.78 is 10.1. The van der Waals surface area contributed by atoms with Gasteiger partial charge in [0.05, 0.1) is 18.1 Å². The van der Waals surface area contributed by atoms with E-state index in [9.17, 15) is 19.7 Å². The fourth-order valence-electron chi connectivity index (χ4n) is 2.28. The molecule has 0 aliphatic heterocycles. The van der Waals surface area contributed by atoms with Crippen LogP contribution in [0.4, 0.5) is 11.4 Å². The lowest BCUT2D eigenvalue weighted by molar-refractivity contribution is -0.384. The second kappa shape index (κ2) is 9.05. The fraction of sp³-hybridized carbons (Fsp3) is 0.167. The minimum atomic E-state index is -1.22. The van der Waals surface area contributed by atoms with Crippen molar-refractivity contribution >= 4 is 34.6 Å². The molecule has 1 amide bonds. The molecule has 1 unspecified atom stereocenters. The van der Waals surface area contributed by atoms with Gasteiger partial charge in [0.25, 0.3) is 11.6 Å². The Morgan fingerprint density at radius 3 is 2.67 bits per heavy atom. The van der Waals surface area contributed by atoms with Crippen LogP contribution in [-0.4, -0.2) is 45.0 Å². The zero-order valence-electron chi connectivity index (χ0n) is 15.8. The number of benzene rings is 1. The molecule has 1 N–H and O–H groups in total. The van der Waals surface area contributed by atoms with E-state index >= 15 is 0 Å². The van der Waals surface area contributed by atoms with E-state index in [-0.39, 0.29) is 22.8 Å². The molecule has 3 rings (SSSR count). The highest BCUT2D eigenvalue weighted by molar-refractivity contribution is 7.13. The molecule has 3 aromatic rings. The number of nitro groups is 1. The number of nitrogens with zero attached hydrogens (tertiary/aromatic N) is 4. The molecule has 2 heterocycles. The molecule has 0 saturated carbocycles. The van der Waals surface area contributed by atoms with Gasteiger partial charge in [0.15, 0.2) is 22.6 Å². The summed E-state index contributed by atoms with van der Waals surface area (Å²) in [6.07, 6.45) is 1.87. The summed E-state index contributed by atoms with van der Waals surface area (Å²) in [5, 5.41) is 15.5. The molecule has 11 nitrogen and oxygen atoms in total. The van der Waals surface area contributed by atoms with Crippen LogP contribution in [0.3, 0.4) is 0 Å². The first kappa shape index (κ1) is 20.8. The molecule has 2 aromatic heterocycles. The van der Waals surface area contributed by atoms with Crippen molar-refractivity contribution in [1.82, 2.24) is 15.0 Å². The van der Waals surface area contributed by atoms with Gasteiger partial charge in [-0.25, -0.2) is 19.7 Å². The van der Waals surface area contributed by atoms with Gasteiger partial charge in [0.2, 0.25) is 0 Å². The summed E-state index contributed by atoms with van der Waals surface area (Å²) in [7, 11) is 1.37. The van der Waals surface area contributed by atoms with Crippen LogP contribution >= 0.6 is 11.3 Å². The average Bonchev–Trinajstić information content (AvgIpc) is 3.25. The van der Waals surface area contributed by atoms with Crippen molar-refractivity contribution in [2.24, 2.45) is 0 Å². The SMILES string of the molecule is COc1ccc(NC(=O)C(C)OC(=O)c2csc(-c3ncccn3)n2)c([N+](=O)[O-])c1. The van der Waals surface area contributed by atoms with Gasteiger partial charge >= 0.3 is 5.97 Å². The Hall–Kier alpha value is -3.93. The minimum absolute atomic E-state index is 0.00229. The van der Waals surface area contributed by atoms with Gasteiger partial charge in [-0.1, -0.05) is 0 Å². The third-order valence-electron chi connectivity index (χ3n) is 3.78. The molecule has 0 radical (unpaired) electrons. The highest BCUT2D eigenvalue weighted by Crippen LogP contribution is 2.29. The number of aromatic nitrogens is 3. The van der Waals surface area contributed by atoms with E-state index in [4.69, 9.17) is 9.47 Å². The zero-order chi connectivity index (χ0) is 21.7. The molecule has 30 heavy (non-hydrogen) atoms. The van der Waals surface area contributed by atoms with Crippen LogP contribution in [0.1, 0.15) is 17.4 Å². The van der Waals surface area contributed by atoms with Crippen LogP contribution < -0.4 is 10.1 Å². The van der Waals surface area contributed by atoms with E-state index in [0.717, 1.165) is 11.3 Å². The van der Waals surface area contributed by atoms with Gasteiger partial charge in [-0.2, -0.15) is 0 Å². The second-order valence-corrected chi connectivity index (χ2v) is 6.65. The quantitative estimate of drug-likeness (QED) is 0.340. The molecular formula is C18H15N5O6S. The largest absolute Gasteiger partial charge is 0.496 e. The monoisotopic (exact) mass is 429 g/mol. The van der Waals surface area contributed by atoms with Crippen LogP contribution in [0.5, 0.6) is 5.75 Å². The zero-order valence-corrected chi connectivity index (χ0v) is 16.6. The number of esters is 1. The van der Waals surface area contributed by atoms with Crippen LogP contribution in [0.2, 0.25) is 0 Å². The summed E-state index contributed by atoms with van der Waals surface area (Å²) in [6, 6.07) is 5.62. The van der Waals surface area contributed by atoms with E-state index in [1.165, 1.54) is 37.6 Å². The van der Waals surface area contributed by atoms with Crippen molar-refractivity contribution in [3.05, 3.63) is 57.8 Å². The first-order chi connectivity index (χ1) is 14.4. The number of rotatable bonds is 7. The van der Waals surface area contributed by atoms with Crippen molar-refractivity contribution in [2.45, 2.75) is 13.0 Å². The summed E-state index contributed by atoms with van der Waals surface area (Å²) in [5.74, 6) is -0.932. The predicted octanol–water partition coefficient (Wildman–Crippen LogP) is 2.70. The maximum absolute atomic E-state index is 12.4. The van der Waals surface area contributed by atoms with E-state index in [2.05, 4.69) is 20.3 Å². The first-order valence-corrected chi connectivity index (χ1v) is 9.34. The maximum atomic E-state index is 12.4. The standard InChI is InChI=1S/C18H15N5O6S/c1-10(16(24)21-12-5-4-11(28-2)8-14(12)23(26)27)29-18(25)13-9-30-17(22-13)15-19-6-3-7-20-15/h3-10H,1-2H3,(H,21,24). The van der Waals surface area contributed by atoms with E-state index in [0.29, 0.717) is 10.8 Å². The number of ether oxygens (including phenoxy) is 2. The smallest absolute Gasteiger partial charge is 0.358 e. The lowest BCUT2D eigenvalue weighted by Gasteiger charge is -2.13. The molecule has 0 aliphatic rings. The van der Waals surface area contributed by atoms with Gasteiger partial charge < -0.3 is 14.8 Å². The first-order valence-electron chi connectivity index (χ1n) is 8.46. The molecular weight excluding hydrogens is 414 g/mol. The molecule has 12 heteroatoms. The molecule has 0 spiro atoms. The second-order valence-electron chi connectivity index (χ2n) is 5.79. The van der Waals surface area contributed by atoms with Crippen molar-refractivity contribution in [3.63, 3.8) is 0 Å². The van der Waals surface area contributed by atoms with Crippen LogP contribution in [0.25, 0.3) is 10.8 Å². The van der Waals surface area contributed by atoms with Crippen molar-refractivity contribution in [2.75, 3.05) is 12.4 Å². The van der Waals surface area contributed by atoms with Crippen molar-refractivity contribution in [1.29, 1.82) is 0 Å². The Morgan fingerprint density at radius 1 is 1.27 bits per heavy atom. The maximum Gasteiger partial charge on any atom is 0.358 e. The average molecular weight is 429 g/mol. The third-order valence-corrected chi connectivity index (χ3v) is 4.62. The van der Waals surface area contributed by atoms with Gasteiger partial charge in [-0.05, 0) is 25.1 Å². The Morgan fingerprint density at radius 2 is 2.00 bits per heavy atom. The van der Waals surface area contributed by atoms with E-state index < -0.39 is 22.9 Å². The number of anilines is 1. The molecule has 0 fully saturated rings. The third kappa shape index (κ3) is 4.72. The van der Waals surface area contributed by atoms with Gasteiger partial charge in [0, 0.05) is 17.8 Å². The highest BCUT2D eigenvalue weighted by atomic mass is 32.1. The summed E-state index contributed by atoms with van der Waals surface area (Å²) >= 11 is 1.15. The lowest BCUT2D eigenvalue weighted by Crippen LogP contribution is -2.30. The molecule has 1 atom stereocenters. The number of carbonyl (C=O) groups excluding carboxylic acids is 2. The van der Waals surface area contributed by atoms with Crippen LogP contribution in [-0.2, 0) is 9.53 Å². The molecule has 0 aliphatic carbocycles. The Bertz CT molecular complexity index is 1090. The van der Waals surface area contributed by atoms with E-state index in [1.54, 1.807) is 18.5 Å². The number of methoxy groups -OCH3 is 1. The van der Waals surface area contributed by atoms with Crippen molar-refractivity contribution in [3.8, 4) is 16.6 Å². The predicted molar refractivity (Wildman–Crippen MR) is 106 cm³/mol. The topological polar surface area (TPSA) is 146 Å². The Balaban J connectivity index is 1.67. The number of hydrogen-bond acceptors (Lipinski definition) is 10. The lowest BCUT2D eigenvalue weighted by atomic mass is 10.2.